The number of benzene rings is 1. The quantitative estimate of drug-likeness (QED) is 0.791. The number of hydrogen-bond donors (Lipinski definition) is 3. The molecule has 1 aromatic carbocycles. The fourth-order valence-corrected chi connectivity index (χ4v) is 1.33. The van der Waals surface area contributed by atoms with Gasteiger partial charge in [-0.25, -0.2) is 0 Å². The Kier molecular flexibility index (Phi) is 7.11. The van der Waals surface area contributed by atoms with E-state index in [4.69, 9.17) is 5.73 Å². The van der Waals surface area contributed by atoms with Gasteiger partial charge < -0.3 is 16.4 Å². The summed E-state index contributed by atoms with van der Waals surface area (Å²) in [4.78, 5) is 22.8. The number of rotatable bonds is 4. The van der Waals surface area contributed by atoms with E-state index in [0.717, 1.165) is 5.56 Å². The molecule has 0 fully saturated rings. The molecule has 1 aromatic rings. The van der Waals surface area contributed by atoms with Crippen molar-refractivity contribution in [2.75, 3.05) is 10.6 Å². The molecule has 0 saturated heterocycles. The zero-order valence-corrected chi connectivity index (χ0v) is 12.1. The molecule has 0 aromatic heterocycles. The van der Waals surface area contributed by atoms with E-state index >= 15 is 0 Å². The van der Waals surface area contributed by atoms with E-state index in [1.807, 2.05) is 13.0 Å². The van der Waals surface area contributed by atoms with Crippen LogP contribution in [0, 0.1) is 6.92 Å². The van der Waals surface area contributed by atoms with Crippen LogP contribution in [0.15, 0.2) is 18.2 Å². The van der Waals surface area contributed by atoms with E-state index in [0.29, 0.717) is 17.8 Å². The first-order chi connectivity index (χ1) is 8.43. The SMILES string of the molecule is CCC(=O)Nc1ccc(C)c(NC(=O)C(C)N)c1.Cl. The second-order valence-corrected chi connectivity index (χ2v) is 4.21. The fourth-order valence-electron chi connectivity index (χ4n) is 1.33. The van der Waals surface area contributed by atoms with Crippen molar-refractivity contribution in [2.24, 2.45) is 5.73 Å². The Hall–Kier alpha value is -1.59. The standard InChI is InChI=1S/C13H19N3O2.ClH/c1-4-12(17)15-10-6-5-8(2)11(7-10)16-13(18)9(3)14;/h5-7,9H,4,14H2,1-3H3,(H,15,17)(H,16,18);1H. The average Bonchev–Trinajstić information content (AvgIpc) is 2.33. The maximum atomic E-state index is 11.5. The van der Waals surface area contributed by atoms with Crippen molar-refractivity contribution in [3.8, 4) is 0 Å². The summed E-state index contributed by atoms with van der Waals surface area (Å²) in [5.41, 5.74) is 7.73. The van der Waals surface area contributed by atoms with Gasteiger partial charge in [0.05, 0.1) is 6.04 Å². The highest BCUT2D eigenvalue weighted by molar-refractivity contribution is 5.96. The molecule has 0 heterocycles. The Bertz CT molecular complexity index is 461. The molecular formula is C13H20ClN3O2. The monoisotopic (exact) mass is 285 g/mol. The fraction of sp³-hybridized carbons (Fsp3) is 0.385. The summed E-state index contributed by atoms with van der Waals surface area (Å²) in [6, 6.07) is 4.79. The summed E-state index contributed by atoms with van der Waals surface area (Å²) in [5.74, 6) is -0.319. The van der Waals surface area contributed by atoms with E-state index in [-0.39, 0.29) is 24.2 Å². The summed E-state index contributed by atoms with van der Waals surface area (Å²) in [6.45, 7) is 5.28. The van der Waals surface area contributed by atoms with E-state index in [1.54, 1.807) is 26.0 Å². The van der Waals surface area contributed by atoms with Crippen molar-refractivity contribution in [1.29, 1.82) is 0 Å². The lowest BCUT2D eigenvalue weighted by atomic mass is 10.1. The van der Waals surface area contributed by atoms with Gasteiger partial charge >= 0.3 is 0 Å². The second-order valence-electron chi connectivity index (χ2n) is 4.21. The normalized spacial score (nSPS) is 11.2. The number of nitrogens with two attached hydrogens (primary N) is 1. The van der Waals surface area contributed by atoms with Crippen LogP contribution in [0.2, 0.25) is 0 Å². The van der Waals surface area contributed by atoms with Crippen molar-refractivity contribution >= 4 is 35.6 Å². The lowest BCUT2D eigenvalue weighted by Gasteiger charge is -2.12. The minimum atomic E-state index is -0.571. The van der Waals surface area contributed by atoms with Gasteiger partial charge in [0.1, 0.15) is 0 Å². The molecule has 0 saturated carbocycles. The molecule has 1 atom stereocenters. The molecule has 0 radical (unpaired) electrons. The number of aryl methyl sites for hydroxylation is 1. The molecule has 1 unspecified atom stereocenters. The van der Waals surface area contributed by atoms with Crippen molar-refractivity contribution in [1.82, 2.24) is 0 Å². The van der Waals surface area contributed by atoms with Crippen molar-refractivity contribution in [3.63, 3.8) is 0 Å². The third kappa shape index (κ3) is 5.28. The maximum absolute atomic E-state index is 11.5. The second kappa shape index (κ2) is 7.76. The van der Waals surface area contributed by atoms with Crippen LogP contribution in [0.4, 0.5) is 11.4 Å². The summed E-state index contributed by atoms with van der Waals surface area (Å²) in [6.07, 6.45) is 0.412. The van der Waals surface area contributed by atoms with Gasteiger partial charge in [-0.05, 0) is 31.5 Å². The van der Waals surface area contributed by atoms with Crippen molar-refractivity contribution in [2.45, 2.75) is 33.2 Å². The average molecular weight is 286 g/mol. The topological polar surface area (TPSA) is 84.2 Å². The van der Waals surface area contributed by atoms with Crippen molar-refractivity contribution < 1.29 is 9.59 Å². The van der Waals surface area contributed by atoms with Gasteiger partial charge in [-0.15, -0.1) is 12.4 Å². The number of anilines is 2. The molecule has 0 bridgehead atoms. The Morgan fingerprint density at radius 3 is 2.47 bits per heavy atom. The molecule has 5 nitrogen and oxygen atoms in total. The van der Waals surface area contributed by atoms with Crippen molar-refractivity contribution in [3.05, 3.63) is 23.8 Å². The van der Waals surface area contributed by atoms with Crippen LogP contribution in [-0.4, -0.2) is 17.9 Å². The third-order valence-corrected chi connectivity index (χ3v) is 2.51. The molecule has 0 aliphatic rings. The number of amides is 2. The number of halogens is 1. The molecule has 106 valence electrons. The zero-order chi connectivity index (χ0) is 13.7. The third-order valence-electron chi connectivity index (χ3n) is 2.51. The van der Waals surface area contributed by atoms with Crippen LogP contribution in [-0.2, 0) is 9.59 Å². The summed E-state index contributed by atoms with van der Waals surface area (Å²) in [5, 5.41) is 5.47. The molecule has 2 amide bonds. The van der Waals surface area contributed by atoms with E-state index in [1.165, 1.54) is 0 Å². The molecule has 0 aliphatic carbocycles. The van der Waals surface area contributed by atoms with E-state index in [9.17, 15) is 9.59 Å². The van der Waals surface area contributed by atoms with Gasteiger partial charge in [-0.1, -0.05) is 13.0 Å². The lowest BCUT2D eigenvalue weighted by Crippen LogP contribution is -2.32. The van der Waals surface area contributed by atoms with Gasteiger partial charge in [-0.2, -0.15) is 0 Å². The minimum absolute atomic E-state index is 0. The summed E-state index contributed by atoms with van der Waals surface area (Å²) >= 11 is 0. The minimum Gasteiger partial charge on any atom is -0.326 e. The predicted octanol–water partition coefficient (Wildman–Crippen LogP) is 2.05. The molecule has 4 N–H and O–H groups in total. The molecule has 0 spiro atoms. The van der Waals surface area contributed by atoms with Crippen LogP contribution >= 0.6 is 12.4 Å². The van der Waals surface area contributed by atoms with Crippen LogP contribution in [0.5, 0.6) is 0 Å². The highest BCUT2D eigenvalue weighted by Crippen LogP contribution is 2.20. The highest BCUT2D eigenvalue weighted by Gasteiger charge is 2.10. The predicted molar refractivity (Wildman–Crippen MR) is 79.6 cm³/mol. The molecule has 6 heteroatoms. The number of carbonyl (C=O) groups excluding carboxylic acids is 2. The van der Waals surface area contributed by atoms with Crippen LogP contribution in [0.3, 0.4) is 0 Å². The Labute approximate surface area is 119 Å². The van der Waals surface area contributed by atoms with Gasteiger partial charge in [0.2, 0.25) is 11.8 Å². The number of hydrogen-bond acceptors (Lipinski definition) is 3. The largest absolute Gasteiger partial charge is 0.326 e. The smallest absolute Gasteiger partial charge is 0.241 e. The number of carbonyl (C=O) groups is 2. The van der Waals surface area contributed by atoms with Gasteiger partial charge in [0, 0.05) is 17.8 Å². The Morgan fingerprint density at radius 2 is 1.95 bits per heavy atom. The van der Waals surface area contributed by atoms with Gasteiger partial charge in [-0.3, -0.25) is 9.59 Å². The molecule has 19 heavy (non-hydrogen) atoms. The molecule has 0 aliphatic heterocycles. The van der Waals surface area contributed by atoms with Gasteiger partial charge in [0.25, 0.3) is 0 Å². The number of nitrogens with one attached hydrogen (secondary N) is 2. The van der Waals surface area contributed by atoms with Crippen LogP contribution in [0.25, 0.3) is 0 Å². The van der Waals surface area contributed by atoms with Gasteiger partial charge in [0.15, 0.2) is 0 Å². The molecule has 1 rings (SSSR count). The first-order valence-electron chi connectivity index (χ1n) is 5.91. The lowest BCUT2D eigenvalue weighted by molar-refractivity contribution is -0.117. The summed E-state index contributed by atoms with van der Waals surface area (Å²) < 4.78 is 0. The van der Waals surface area contributed by atoms with Crippen LogP contribution < -0.4 is 16.4 Å². The first kappa shape index (κ1) is 17.4. The van der Waals surface area contributed by atoms with E-state index in [2.05, 4.69) is 10.6 Å². The maximum Gasteiger partial charge on any atom is 0.241 e. The van der Waals surface area contributed by atoms with E-state index < -0.39 is 6.04 Å². The zero-order valence-electron chi connectivity index (χ0n) is 11.3. The molecular weight excluding hydrogens is 266 g/mol. The first-order valence-corrected chi connectivity index (χ1v) is 5.91. The Morgan fingerprint density at radius 1 is 1.32 bits per heavy atom. The Balaban J connectivity index is 0.00000324. The summed E-state index contributed by atoms with van der Waals surface area (Å²) in [7, 11) is 0. The van der Waals surface area contributed by atoms with Crippen LogP contribution in [0.1, 0.15) is 25.8 Å². The highest BCUT2D eigenvalue weighted by atomic mass is 35.5.